The molecule has 0 atom stereocenters. The van der Waals surface area contributed by atoms with E-state index in [0.29, 0.717) is 6.54 Å². The van der Waals surface area contributed by atoms with Gasteiger partial charge in [-0.2, -0.15) is 0 Å². The van der Waals surface area contributed by atoms with Gasteiger partial charge in [0.25, 0.3) is 0 Å². The van der Waals surface area contributed by atoms with Crippen LogP contribution in [0.25, 0.3) is 0 Å². The van der Waals surface area contributed by atoms with E-state index in [1.807, 2.05) is 24.3 Å². The van der Waals surface area contributed by atoms with E-state index < -0.39 is 0 Å². The Bertz CT molecular complexity index is 336. The smallest absolute Gasteiger partial charge is 0.0657 e. The summed E-state index contributed by atoms with van der Waals surface area (Å²) in [5, 5.41) is 0. The number of hydrogen-bond acceptors (Lipinski definition) is 3. The molecule has 0 spiro atoms. The molecule has 0 aromatic heterocycles. The summed E-state index contributed by atoms with van der Waals surface area (Å²) in [5.41, 5.74) is 13.9. The summed E-state index contributed by atoms with van der Waals surface area (Å²) in [5.74, 6) is 0. The summed E-state index contributed by atoms with van der Waals surface area (Å²) in [6.07, 6.45) is 3.26. The van der Waals surface area contributed by atoms with Crippen LogP contribution in [-0.2, 0) is 6.54 Å². The summed E-state index contributed by atoms with van der Waals surface area (Å²) in [6, 6.07) is 7.96. The lowest BCUT2D eigenvalue weighted by Gasteiger charge is -2.01. The lowest BCUT2D eigenvalue weighted by molar-refractivity contribution is 1.07. The van der Waals surface area contributed by atoms with Crippen LogP contribution < -0.4 is 11.5 Å². The molecule has 1 aromatic carbocycles. The Hall–Kier alpha value is -1.61. The molecule has 0 unspecified atom stereocenters. The van der Waals surface area contributed by atoms with Gasteiger partial charge in [0.2, 0.25) is 0 Å². The highest BCUT2D eigenvalue weighted by Crippen LogP contribution is 2.05. The molecule has 0 heterocycles. The number of nitrogens with two attached hydrogens (primary N) is 2. The Kier molecular flexibility index (Phi) is 3.88. The molecule has 0 amide bonds. The van der Waals surface area contributed by atoms with E-state index in [4.69, 9.17) is 11.5 Å². The van der Waals surface area contributed by atoms with Crippen LogP contribution in [0.2, 0.25) is 0 Å². The summed E-state index contributed by atoms with van der Waals surface area (Å²) >= 11 is 0. The van der Waals surface area contributed by atoms with E-state index in [1.54, 1.807) is 13.1 Å². The monoisotopic (exact) mass is 189 g/mol. The molecule has 3 nitrogen and oxygen atoms in total. The van der Waals surface area contributed by atoms with Crippen LogP contribution in [0.5, 0.6) is 0 Å². The summed E-state index contributed by atoms with van der Waals surface area (Å²) in [6.45, 7) is 0.561. The number of hydrogen-bond donors (Lipinski definition) is 2. The van der Waals surface area contributed by atoms with Crippen LogP contribution in [0.1, 0.15) is 11.1 Å². The number of nitrogens with zero attached hydrogens (tertiary/aromatic N) is 1. The molecule has 0 aliphatic carbocycles. The minimum Gasteiger partial charge on any atom is -0.405 e. The van der Waals surface area contributed by atoms with Crippen molar-refractivity contribution in [2.75, 3.05) is 7.05 Å². The molecule has 4 N–H and O–H groups in total. The van der Waals surface area contributed by atoms with Crippen molar-refractivity contribution in [2.24, 2.45) is 16.5 Å². The van der Waals surface area contributed by atoms with Crippen LogP contribution in [0.15, 0.2) is 41.5 Å². The predicted molar refractivity (Wildman–Crippen MR) is 60.1 cm³/mol. The highest BCUT2D eigenvalue weighted by molar-refractivity contribution is 6.08. The van der Waals surface area contributed by atoms with Crippen molar-refractivity contribution >= 4 is 5.71 Å². The van der Waals surface area contributed by atoms with Gasteiger partial charge in [0.1, 0.15) is 0 Å². The van der Waals surface area contributed by atoms with Crippen LogP contribution >= 0.6 is 0 Å². The highest BCUT2D eigenvalue weighted by atomic mass is 14.7. The SMILES string of the molecule is CN=C(C=CN)c1ccc(CN)cc1. The largest absolute Gasteiger partial charge is 0.405 e. The van der Waals surface area contributed by atoms with E-state index >= 15 is 0 Å². The average molecular weight is 189 g/mol. The quantitative estimate of drug-likeness (QED) is 0.698. The zero-order chi connectivity index (χ0) is 10.4. The van der Waals surface area contributed by atoms with Crippen LogP contribution in [0.3, 0.4) is 0 Å². The van der Waals surface area contributed by atoms with Crippen molar-refractivity contribution < 1.29 is 0 Å². The first-order valence-corrected chi connectivity index (χ1v) is 4.46. The van der Waals surface area contributed by atoms with Crippen LogP contribution in [0.4, 0.5) is 0 Å². The number of rotatable bonds is 3. The fourth-order valence-corrected chi connectivity index (χ4v) is 1.20. The van der Waals surface area contributed by atoms with Gasteiger partial charge in [-0.05, 0) is 23.4 Å². The first-order chi connectivity index (χ1) is 6.81. The molecule has 74 valence electrons. The number of aliphatic imine (C=N–C) groups is 1. The third-order valence-corrected chi connectivity index (χ3v) is 1.98. The van der Waals surface area contributed by atoms with E-state index in [2.05, 4.69) is 4.99 Å². The van der Waals surface area contributed by atoms with Gasteiger partial charge in [-0.15, -0.1) is 0 Å². The van der Waals surface area contributed by atoms with Gasteiger partial charge in [0.05, 0.1) is 5.71 Å². The minimum absolute atomic E-state index is 0.561. The third kappa shape index (κ3) is 2.44. The first-order valence-electron chi connectivity index (χ1n) is 4.46. The van der Waals surface area contributed by atoms with Crippen molar-refractivity contribution in [1.29, 1.82) is 0 Å². The molecule has 14 heavy (non-hydrogen) atoms. The van der Waals surface area contributed by atoms with Crippen LogP contribution in [0, 0.1) is 0 Å². The molecule has 3 heteroatoms. The molecule has 0 saturated heterocycles. The maximum Gasteiger partial charge on any atom is 0.0657 e. The number of benzene rings is 1. The van der Waals surface area contributed by atoms with Crippen molar-refractivity contribution in [2.45, 2.75) is 6.54 Å². The van der Waals surface area contributed by atoms with E-state index in [-0.39, 0.29) is 0 Å². The minimum atomic E-state index is 0.561. The van der Waals surface area contributed by atoms with Gasteiger partial charge in [-0.3, -0.25) is 4.99 Å². The fourth-order valence-electron chi connectivity index (χ4n) is 1.20. The Labute approximate surface area is 84.1 Å². The average Bonchev–Trinajstić information content (AvgIpc) is 2.26. The normalized spacial score (nSPS) is 12.3. The Morgan fingerprint density at radius 1 is 1.36 bits per heavy atom. The summed E-state index contributed by atoms with van der Waals surface area (Å²) < 4.78 is 0. The van der Waals surface area contributed by atoms with Crippen molar-refractivity contribution in [3.63, 3.8) is 0 Å². The van der Waals surface area contributed by atoms with Crippen molar-refractivity contribution in [1.82, 2.24) is 0 Å². The maximum atomic E-state index is 5.50. The topological polar surface area (TPSA) is 64.4 Å². The fraction of sp³-hybridized carbons (Fsp3) is 0.182. The molecule has 0 fully saturated rings. The first kappa shape index (κ1) is 10.5. The summed E-state index contributed by atoms with van der Waals surface area (Å²) in [7, 11) is 1.74. The molecule has 0 saturated carbocycles. The lowest BCUT2D eigenvalue weighted by atomic mass is 10.1. The van der Waals surface area contributed by atoms with Gasteiger partial charge in [-0.1, -0.05) is 24.3 Å². The van der Waals surface area contributed by atoms with Gasteiger partial charge in [0.15, 0.2) is 0 Å². The molecule has 1 rings (SSSR count). The second-order valence-corrected chi connectivity index (χ2v) is 2.87. The third-order valence-electron chi connectivity index (χ3n) is 1.98. The molecular formula is C11H15N3. The zero-order valence-corrected chi connectivity index (χ0v) is 8.27. The van der Waals surface area contributed by atoms with Crippen molar-refractivity contribution in [3.05, 3.63) is 47.7 Å². The van der Waals surface area contributed by atoms with E-state index in [9.17, 15) is 0 Å². The zero-order valence-electron chi connectivity index (χ0n) is 8.27. The molecule has 0 aliphatic heterocycles. The molecule has 0 radical (unpaired) electrons. The Balaban J connectivity index is 2.96. The second-order valence-electron chi connectivity index (χ2n) is 2.87. The van der Waals surface area contributed by atoms with Gasteiger partial charge in [0, 0.05) is 13.6 Å². The predicted octanol–water partition coefficient (Wildman–Crippen LogP) is 1.04. The van der Waals surface area contributed by atoms with E-state index in [0.717, 1.165) is 16.8 Å². The Morgan fingerprint density at radius 2 is 2.00 bits per heavy atom. The molecule has 0 aliphatic rings. The highest BCUT2D eigenvalue weighted by Gasteiger charge is 1.97. The lowest BCUT2D eigenvalue weighted by Crippen LogP contribution is -2.00. The standard InChI is InChI=1S/C11H15N3/c1-14-11(6-7-12)10-4-2-9(8-13)3-5-10/h2-7H,8,12-13H2,1H3. The van der Waals surface area contributed by atoms with Gasteiger partial charge >= 0.3 is 0 Å². The van der Waals surface area contributed by atoms with Crippen LogP contribution in [-0.4, -0.2) is 12.8 Å². The van der Waals surface area contributed by atoms with Crippen molar-refractivity contribution in [3.8, 4) is 0 Å². The molecule has 0 bridgehead atoms. The second kappa shape index (κ2) is 5.19. The molecule has 1 aromatic rings. The van der Waals surface area contributed by atoms with Gasteiger partial charge in [-0.25, -0.2) is 0 Å². The van der Waals surface area contributed by atoms with Gasteiger partial charge < -0.3 is 11.5 Å². The Morgan fingerprint density at radius 3 is 2.43 bits per heavy atom. The molecular weight excluding hydrogens is 174 g/mol. The summed E-state index contributed by atoms with van der Waals surface area (Å²) in [4.78, 5) is 4.12. The number of allylic oxidation sites excluding steroid dienone is 1. The maximum absolute atomic E-state index is 5.50. The van der Waals surface area contributed by atoms with E-state index in [1.165, 1.54) is 6.20 Å².